The van der Waals surface area contributed by atoms with Gasteiger partial charge in [0.2, 0.25) is 0 Å². The number of hydrogen-bond acceptors (Lipinski definition) is 2. The van der Waals surface area contributed by atoms with E-state index in [-0.39, 0.29) is 11.6 Å². The molecule has 0 amide bonds. The van der Waals surface area contributed by atoms with Crippen molar-refractivity contribution >= 4 is 11.6 Å². The normalized spacial score (nSPS) is 11.2. The van der Waals surface area contributed by atoms with Crippen molar-refractivity contribution in [2.24, 2.45) is 5.73 Å². The molecule has 1 rings (SSSR count). The van der Waals surface area contributed by atoms with Crippen molar-refractivity contribution in [3.63, 3.8) is 0 Å². The van der Waals surface area contributed by atoms with E-state index in [9.17, 15) is 5.11 Å². The van der Waals surface area contributed by atoms with Crippen LogP contribution in [0.2, 0.25) is 0 Å². The lowest BCUT2D eigenvalue weighted by atomic mass is 10.2. The van der Waals surface area contributed by atoms with E-state index in [2.05, 4.69) is 0 Å². The second kappa shape index (κ2) is 3.57. The highest BCUT2D eigenvalue weighted by Crippen LogP contribution is 2.08. The molecule has 62 valence electrons. The molecule has 0 aliphatic carbocycles. The molecule has 1 aromatic rings. The number of rotatable bonds is 2. The zero-order chi connectivity index (χ0) is 8.97. The Hall–Kier alpha value is -1.77. The van der Waals surface area contributed by atoms with Crippen molar-refractivity contribution in [3.05, 3.63) is 42.0 Å². The average molecular weight is 162 g/mol. The Morgan fingerprint density at radius 3 is 2.42 bits per heavy atom. The molecular weight excluding hydrogens is 152 g/mol. The molecule has 0 bridgehead atoms. The summed E-state index contributed by atoms with van der Waals surface area (Å²) in [6.45, 7) is 0. The third-order valence-corrected chi connectivity index (χ3v) is 1.36. The molecule has 12 heavy (non-hydrogen) atoms. The summed E-state index contributed by atoms with van der Waals surface area (Å²) in [5.41, 5.74) is 5.74. The number of nitrogens with one attached hydrogen (secondary N) is 1. The molecule has 0 saturated carbocycles. The molecule has 0 fully saturated rings. The lowest BCUT2D eigenvalue weighted by Gasteiger charge is -1.97. The topological polar surface area (TPSA) is 70.1 Å². The fourth-order valence-electron chi connectivity index (χ4n) is 0.840. The van der Waals surface area contributed by atoms with Crippen LogP contribution >= 0.6 is 0 Å². The van der Waals surface area contributed by atoms with Gasteiger partial charge >= 0.3 is 0 Å². The van der Waals surface area contributed by atoms with E-state index in [0.717, 1.165) is 0 Å². The predicted molar refractivity (Wildman–Crippen MR) is 49.0 cm³/mol. The second-order valence-corrected chi connectivity index (χ2v) is 2.35. The van der Waals surface area contributed by atoms with Crippen LogP contribution in [0.15, 0.2) is 36.4 Å². The van der Waals surface area contributed by atoms with E-state index in [1.807, 2.05) is 6.07 Å². The zero-order valence-electron chi connectivity index (χ0n) is 6.49. The van der Waals surface area contributed by atoms with Gasteiger partial charge in [-0.3, -0.25) is 5.41 Å². The minimum absolute atomic E-state index is 0.0168. The largest absolute Gasteiger partial charge is 0.507 e. The van der Waals surface area contributed by atoms with Crippen LogP contribution in [0, 0.1) is 5.41 Å². The highest BCUT2D eigenvalue weighted by Gasteiger charge is 1.96. The fourth-order valence-corrected chi connectivity index (χ4v) is 0.840. The van der Waals surface area contributed by atoms with E-state index in [4.69, 9.17) is 11.1 Å². The predicted octanol–water partition coefficient (Wildman–Crippen LogP) is 1.52. The minimum atomic E-state index is -0.156. The Morgan fingerprint density at radius 2 is 1.92 bits per heavy atom. The Kier molecular flexibility index (Phi) is 2.48. The van der Waals surface area contributed by atoms with Gasteiger partial charge in [0.25, 0.3) is 0 Å². The summed E-state index contributed by atoms with van der Waals surface area (Å²) in [6.07, 6.45) is 1.20. The van der Waals surface area contributed by atoms with E-state index in [1.54, 1.807) is 24.3 Å². The van der Waals surface area contributed by atoms with Gasteiger partial charge in [-0.25, -0.2) is 0 Å². The van der Waals surface area contributed by atoms with Crippen LogP contribution in [0.3, 0.4) is 0 Å². The summed E-state index contributed by atoms with van der Waals surface area (Å²) in [5, 5.41) is 16.2. The Balaban J connectivity index is 2.93. The number of aliphatic hydroxyl groups excluding tert-OH is 1. The monoisotopic (exact) mass is 162 g/mol. The average Bonchev–Trinajstić information content (AvgIpc) is 2.05. The van der Waals surface area contributed by atoms with Crippen molar-refractivity contribution in [2.45, 2.75) is 0 Å². The van der Waals surface area contributed by atoms with E-state index in [0.29, 0.717) is 5.56 Å². The van der Waals surface area contributed by atoms with E-state index >= 15 is 0 Å². The minimum Gasteiger partial charge on any atom is -0.507 e. The summed E-state index contributed by atoms with van der Waals surface area (Å²) < 4.78 is 0. The molecule has 0 saturated heterocycles. The van der Waals surface area contributed by atoms with Gasteiger partial charge in [-0.1, -0.05) is 30.3 Å². The number of benzene rings is 1. The van der Waals surface area contributed by atoms with Gasteiger partial charge in [0, 0.05) is 11.6 Å². The van der Waals surface area contributed by atoms with Crippen molar-refractivity contribution < 1.29 is 5.11 Å². The van der Waals surface area contributed by atoms with E-state index < -0.39 is 0 Å². The van der Waals surface area contributed by atoms with Gasteiger partial charge in [0.1, 0.15) is 11.6 Å². The van der Waals surface area contributed by atoms with Crippen LogP contribution in [0.1, 0.15) is 5.56 Å². The standard InChI is InChI=1S/C9H10N2O/c10-9(11)6-8(12)7-4-2-1-3-5-7/h1-6,12H,(H3,10,11)/b8-6+. The number of aliphatic hydroxyl groups is 1. The first kappa shape index (κ1) is 8.33. The van der Waals surface area contributed by atoms with Crippen LogP contribution < -0.4 is 5.73 Å². The van der Waals surface area contributed by atoms with Gasteiger partial charge in [-0.2, -0.15) is 0 Å². The van der Waals surface area contributed by atoms with Crippen molar-refractivity contribution in [1.29, 1.82) is 5.41 Å². The molecule has 4 N–H and O–H groups in total. The molecule has 3 nitrogen and oxygen atoms in total. The molecular formula is C9H10N2O. The second-order valence-electron chi connectivity index (χ2n) is 2.35. The molecule has 0 aliphatic heterocycles. The van der Waals surface area contributed by atoms with Gasteiger partial charge in [-0.15, -0.1) is 0 Å². The lowest BCUT2D eigenvalue weighted by Crippen LogP contribution is -2.05. The first-order chi connectivity index (χ1) is 5.70. The Bertz CT molecular complexity index is 304. The Labute approximate surface area is 70.7 Å². The molecule has 0 atom stereocenters. The highest BCUT2D eigenvalue weighted by molar-refractivity contribution is 5.94. The summed E-state index contributed by atoms with van der Waals surface area (Å²) in [7, 11) is 0. The van der Waals surface area contributed by atoms with Crippen molar-refractivity contribution in [2.75, 3.05) is 0 Å². The summed E-state index contributed by atoms with van der Waals surface area (Å²) in [4.78, 5) is 0. The van der Waals surface area contributed by atoms with E-state index in [1.165, 1.54) is 6.08 Å². The first-order valence-electron chi connectivity index (χ1n) is 3.50. The number of nitrogens with two attached hydrogens (primary N) is 1. The summed E-state index contributed by atoms with van der Waals surface area (Å²) in [6, 6.07) is 8.95. The molecule has 0 unspecified atom stereocenters. The molecule has 0 radical (unpaired) electrons. The quantitative estimate of drug-likeness (QED) is 0.350. The molecule has 3 heteroatoms. The number of hydrogen-bond donors (Lipinski definition) is 3. The first-order valence-corrected chi connectivity index (χ1v) is 3.50. The zero-order valence-corrected chi connectivity index (χ0v) is 6.49. The fraction of sp³-hybridized carbons (Fsp3) is 0. The molecule has 1 aromatic carbocycles. The molecule has 0 aliphatic rings. The third kappa shape index (κ3) is 2.12. The molecule has 0 spiro atoms. The highest BCUT2D eigenvalue weighted by atomic mass is 16.3. The van der Waals surface area contributed by atoms with Crippen LogP contribution in [-0.4, -0.2) is 10.9 Å². The van der Waals surface area contributed by atoms with Gasteiger partial charge in [0.15, 0.2) is 0 Å². The van der Waals surface area contributed by atoms with Gasteiger partial charge in [0.05, 0.1) is 0 Å². The lowest BCUT2D eigenvalue weighted by molar-refractivity contribution is 0.512. The van der Waals surface area contributed by atoms with Gasteiger partial charge < -0.3 is 10.8 Å². The summed E-state index contributed by atoms with van der Waals surface area (Å²) >= 11 is 0. The van der Waals surface area contributed by atoms with Crippen LogP contribution in [0.25, 0.3) is 5.76 Å². The maximum atomic E-state index is 9.33. The smallest absolute Gasteiger partial charge is 0.126 e. The maximum absolute atomic E-state index is 9.33. The van der Waals surface area contributed by atoms with Crippen molar-refractivity contribution in [3.8, 4) is 0 Å². The van der Waals surface area contributed by atoms with Crippen LogP contribution in [0.5, 0.6) is 0 Å². The summed E-state index contributed by atoms with van der Waals surface area (Å²) in [5.74, 6) is -0.139. The Morgan fingerprint density at radius 1 is 1.33 bits per heavy atom. The molecule has 0 heterocycles. The SMILES string of the molecule is N=C(N)/C=C(/O)c1ccccc1. The third-order valence-electron chi connectivity index (χ3n) is 1.36. The van der Waals surface area contributed by atoms with Crippen LogP contribution in [-0.2, 0) is 0 Å². The number of amidine groups is 1. The molecule has 0 aromatic heterocycles. The maximum Gasteiger partial charge on any atom is 0.126 e. The van der Waals surface area contributed by atoms with Crippen molar-refractivity contribution in [1.82, 2.24) is 0 Å². The van der Waals surface area contributed by atoms with Gasteiger partial charge in [-0.05, 0) is 0 Å². The van der Waals surface area contributed by atoms with Crippen LogP contribution in [0.4, 0.5) is 0 Å².